The summed E-state index contributed by atoms with van der Waals surface area (Å²) in [5.41, 5.74) is 6.12. The molecule has 0 radical (unpaired) electrons. The fraction of sp³-hybridized carbons (Fsp3) is 0.385. The summed E-state index contributed by atoms with van der Waals surface area (Å²) in [7, 11) is 0. The maximum absolute atomic E-state index is 13.5. The van der Waals surface area contributed by atoms with Crippen LogP contribution in [-0.2, 0) is 0 Å². The maximum atomic E-state index is 13.5. The third-order valence-electron chi connectivity index (χ3n) is 2.28. The number of hydrogen-bond donors (Lipinski definition) is 1. The first-order valence-electron chi connectivity index (χ1n) is 5.44. The molecule has 0 heterocycles. The monoisotopic (exact) mass is 223 g/mol. The standard InChI is InChI=1S/C13H18FNO/c1-3-4-5-8-16-11-6-7-12(10(2)15)13(14)9-11/h3,6-7,9-10H,1,4-5,8,15H2,2H3. The first kappa shape index (κ1) is 12.7. The third-order valence-corrected chi connectivity index (χ3v) is 2.28. The summed E-state index contributed by atoms with van der Waals surface area (Å²) in [6, 6.07) is 4.50. The second-order valence-corrected chi connectivity index (χ2v) is 3.75. The van der Waals surface area contributed by atoms with Gasteiger partial charge in [-0.15, -0.1) is 6.58 Å². The van der Waals surface area contributed by atoms with Crippen LogP contribution in [0.1, 0.15) is 31.4 Å². The molecule has 2 nitrogen and oxygen atoms in total. The van der Waals surface area contributed by atoms with Crippen LogP contribution in [0, 0.1) is 5.82 Å². The van der Waals surface area contributed by atoms with Gasteiger partial charge in [0.25, 0.3) is 0 Å². The highest BCUT2D eigenvalue weighted by molar-refractivity contribution is 5.30. The van der Waals surface area contributed by atoms with Gasteiger partial charge in [0.1, 0.15) is 11.6 Å². The predicted octanol–water partition coefficient (Wildman–Crippen LogP) is 3.19. The summed E-state index contributed by atoms with van der Waals surface area (Å²) in [6.07, 6.45) is 3.63. The molecule has 0 spiro atoms. The quantitative estimate of drug-likeness (QED) is 0.593. The number of ether oxygens (including phenoxy) is 1. The van der Waals surface area contributed by atoms with Crippen LogP contribution in [0.15, 0.2) is 30.9 Å². The van der Waals surface area contributed by atoms with Gasteiger partial charge in [0.2, 0.25) is 0 Å². The van der Waals surface area contributed by atoms with Crippen molar-refractivity contribution in [2.24, 2.45) is 5.73 Å². The van der Waals surface area contributed by atoms with Crippen LogP contribution in [0.5, 0.6) is 5.75 Å². The summed E-state index contributed by atoms with van der Waals surface area (Å²) < 4.78 is 18.9. The molecule has 0 aromatic heterocycles. The first-order valence-corrected chi connectivity index (χ1v) is 5.44. The molecule has 1 aromatic rings. The zero-order chi connectivity index (χ0) is 12.0. The van der Waals surface area contributed by atoms with Gasteiger partial charge in [-0.2, -0.15) is 0 Å². The average molecular weight is 223 g/mol. The molecule has 0 aliphatic carbocycles. The van der Waals surface area contributed by atoms with Crippen LogP contribution in [0.4, 0.5) is 4.39 Å². The van der Waals surface area contributed by atoms with E-state index in [1.807, 2.05) is 6.08 Å². The lowest BCUT2D eigenvalue weighted by Gasteiger charge is -2.10. The van der Waals surface area contributed by atoms with E-state index < -0.39 is 0 Å². The van der Waals surface area contributed by atoms with Gasteiger partial charge in [0.15, 0.2) is 0 Å². The number of rotatable bonds is 6. The molecule has 1 atom stereocenters. The highest BCUT2D eigenvalue weighted by Crippen LogP contribution is 2.20. The van der Waals surface area contributed by atoms with Gasteiger partial charge < -0.3 is 10.5 Å². The zero-order valence-corrected chi connectivity index (χ0v) is 9.58. The van der Waals surface area contributed by atoms with Crippen LogP contribution < -0.4 is 10.5 Å². The van der Waals surface area contributed by atoms with Crippen LogP contribution >= 0.6 is 0 Å². The molecule has 0 aliphatic heterocycles. The molecule has 0 amide bonds. The number of hydrogen-bond acceptors (Lipinski definition) is 2. The van der Waals surface area contributed by atoms with Crippen LogP contribution in [0.2, 0.25) is 0 Å². The molecule has 1 aromatic carbocycles. The Morgan fingerprint density at radius 1 is 1.56 bits per heavy atom. The van der Waals surface area contributed by atoms with Crippen molar-refractivity contribution in [3.8, 4) is 5.75 Å². The van der Waals surface area contributed by atoms with E-state index in [0.717, 1.165) is 12.8 Å². The smallest absolute Gasteiger partial charge is 0.131 e. The molecule has 0 fully saturated rings. The summed E-state index contributed by atoms with van der Waals surface area (Å²) in [4.78, 5) is 0. The Hall–Kier alpha value is -1.35. The van der Waals surface area contributed by atoms with Gasteiger partial charge in [-0.1, -0.05) is 12.1 Å². The van der Waals surface area contributed by atoms with E-state index in [4.69, 9.17) is 10.5 Å². The van der Waals surface area contributed by atoms with Gasteiger partial charge in [-0.25, -0.2) is 4.39 Å². The fourth-order valence-electron chi connectivity index (χ4n) is 1.38. The molecule has 1 unspecified atom stereocenters. The van der Waals surface area contributed by atoms with E-state index in [1.54, 1.807) is 19.1 Å². The first-order chi connectivity index (χ1) is 7.65. The van der Waals surface area contributed by atoms with Crippen molar-refractivity contribution >= 4 is 0 Å². The summed E-state index contributed by atoms with van der Waals surface area (Å²) >= 11 is 0. The SMILES string of the molecule is C=CCCCOc1ccc(C(C)N)c(F)c1. The molecule has 2 N–H and O–H groups in total. The van der Waals surface area contributed by atoms with Crippen molar-refractivity contribution in [3.05, 3.63) is 42.2 Å². The summed E-state index contributed by atoms with van der Waals surface area (Å²) in [5, 5.41) is 0. The van der Waals surface area contributed by atoms with E-state index in [0.29, 0.717) is 17.9 Å². The molecular formula is C13H18FNO. The molecular weight excluding hydrogens is 205 g/mol. The minimum atomic E-state index is -0.309. The normalized spacial score (nSPS) is 12.2. The van der Waals surface area contributed by atoms with Crippen molar-refractivity contribution in [2.45, 2.75) is 25.8 Å². The van der Waals surface area contributed by atoms with E-state index in [2.05, 4.69) is 6.58 Å². The Kier molecular flexibility index (Phi) is 4.99. The Bertz CT molecular complexity index is 350. The summed E-state index contributed by atoms with van der Waals surface area (Å²) in [5.74, 6) is 0.238. The Morgan fingerprint density at radius 2 is 2.31 bits per heavy atom. The van der Waals surface area contributed by atoms with E-state index >= 15 is 0 Å². The predicted molar refractivity (Wildman–Crippen MR) is 63.9 cm³/mol. The lowest BCUT2D eigenvalue weighted by Crippen LogP contribution is -2.07. The molecule has 0 bridgehead atoms. The highest BCUT2D eigenvalue weighted by Gasteiger charge is 2.07. The summed E-state index contributed by atoms with van der Waals surface area (Å²) in [6.45, 7) is 5.95. The van der Waals surface area contributed by atoms with E-state index in [9.17, 15) is 4.39 Å². The largest absolute Gasteiger partial charge is 0.493 e. The van der Waals surface area contributed by atoms with E-state index in [-0.39, 0.29) is 11.9 Å². The Morgan fingerprint density at radius 3 is 2.88 bits per heavy atom. The van der Waals surface area contributed by atoms with Gasteiger partial charge in [-0.3, -0.25) is 0 Å². The lowest BCUT2D eigenvalue weighted by atomic mass is 10.1. The Labute approximate surface area is 95.9 Å². The fourth-order valence-corrected chi connectivity index (χ4v) is 1.38. The van der Waals surface area contributed by atoms with Crippen LogP contribution in [0.3, 0.4) is 0 Å². The van der Waals surface area contributed by atoms with Gasteiger partial charge >= 0.3 is 0 Å². The average Bonchev–Trinajstić information content (AvgIpc) is 2.24. The lowest BCUT2D eigenvalue weighted by molar-refractivity contribution is 0.310. The maximum Gasteiger partial charge on any atom is 0.131 e. The number of nitrogens with two attached hydrogens (primary N) is 1. The topological polar surface area (TPSA) is 35.2 Å². The second-order valence-electron chi connectivity index (χ2n) is 3.75. The number of unbranched alkanes of at least 4 members (excludes halogenated alkanes) is 1. The Balaban J connectivity index is 2.56. The minimum Gasteiger partial charge on any atom is -0.493 e. The van der Waals surface area contributed by atoms with Gasteiger partial charge in [0.05, 0.1) is 6.61 Å². The molecule has 0 saturated carbocycles. The molecule has 1 rings (SSSR count). The van der Waals surface area contributed by atoms with Crippen LogP contribution in [-0.4, -0.2) is 6.61 Å². The number of benzene rings is 1. The van der Waals surface area contributed by atoms with E-state index in [1.165, 1.54) is 6.07 Å². The molecule has 16 heavy (non-hydrogen) atoms. The second kappa shape index (κ2) is 6.28. The zero-order valence-electron chi connectivity index (χ0n) is 9.58. The van der Waals surface area contributed by atoms with Gasteiger partial charge in [0, 0.05) is 17.7 Å². The highest BCUT2D eigenvalue weighted by atomic mass is 19.1. The minimum absolute atomic E-state index is 0.296. The van der Waals surface area contributed by atoms with Crippen molar-refractivity contribution in [3.63, 3.8) is 0 Å². The van der Waals surface area contributed by atoms with Crippen molar-refractivity contribution in [1.82, 2.24) is 0 Å². The molecule has 3 heteroatoms. The van der Waals surface area contributed by atoms with Gasteiger partial charge in [-0.05, 0) is 25.8 Å². The van der Waals surface area contributed by atoms with Crippen molar-refractivity contribution in [2.75, 3.05) is 6.61 Å². The number of allylic oxidation sites excluding steroid dienone is 1. The number of halogens is 1. The third kappa shape index (κ3) is 3.66. The molecule has 0 aliphatic rings. The van der Waals surface area contributed by atoms with Crippen molar-refractivity contribution in [1.29, 1.82) is 0 Å². The molecule has 0 saturated heterocycles. The van der Waals surface area contributed by atoms with Crippen molar-refractivity contribution < 1.29 is 9.13 Å². The molecule has 88 valence electrons. The van der Waals surface area contributed by atoms with Crippen LogP contribution in [0.25, 0.3) is 0 Å².